The van der Waals surface area contributed by atoms with Crippen LogP contribution in [0.25, 0.3) is 31.7 Å². The zero-order chi connectivity index (χ0) is 54.2. The van der Waals surface area contributed by atoms with Crippen LogP contribution in [0.3, 0.4) is 0 Å². The lowest BCUT2D eigenvalue weighted by atomic mass is 9.85. The first kappa shape index (κ1) is 59.8. The van der Waals surface area contributed by atoms with Crippen LogP contribution in [0.4, 0.5) is 17.1 Å². The predicted octanol–water partition coefficient (Wildman–Crippen LogP) is 21.0. The number of carbonyl (C=O) groups excluding carboxylic acids is 2. The van der Waals surface area contributed by atoms with Gasteiger partial charge in [-0.1, -0.05) is 246 Å². The highest BCUT2D eigenvalue weighted by atomic mass is 32.2. The lowest BCUT2D eigenvalue weighted by Crippen LogP contribution is -2.34. The molecule has 7 rings (SSSR count). The zero-order valence-corrected chi connectivity index (χ0v) is 50.8. The quantitative estimate of drug-likeness (QED) is 0.0288. The Morgan fingerprint density at radius 2 is 1.03 bits per heavy atom. The Labute approximate surface area is 471 Å². The summed E-state index contributed by atoms with van der Waals surface area (Å²) < 4.78 is 1.32. The molecule has 4 aromatic rings. The number of carbonyl (C=O) groups is 2. The highest BCUT2D eigenvalue weighted by Gasteiger charge is 2.44. The molecule has 4 heterocycles. The molecule has 76 heavy (non-hydrogen) atoms. The van der Waals surface area contributed by atoms with Crippen LogP contribution in [0.15, 0.2) is 58.8 Å². The molecule has 0 bridgehead atoms. The molecule has 3 aromatic carbocycles. The number of nitrogen functional groups attached to an aromatic ring is 1. The second-order valence-electron chi connectivity index (χ2n) is 24.5. The van der Waals surface area contributed by atoms with Crippen molar-refractivity contribution in [2.24, 2.45) is 11.8 Å². The maximum atomic E-state index is 15.9. The summed E-state index contributed by atoms with van der Waals surface area (Å²) >= 11 is 3.67. The van der Waals surface area contributed by atoms with Gasteiger partial charge in [-0.25, -0.2) is 0 Å². The molecule has 0 saturated heterocycles. The minimum absolute atomic E-state index is 0.000825. The van der Waals surface area contributed by atoms with Crippen LogP contribution < -0.4 is 15.5 Å². The molecule has 0 saturated carbocycles. The first-order valence-corrected chi connectivity index (χ1v) is 32.9. The summed E-state index contributed by atoms with van der Waals surface area (Å²) in [7, 11) is 0. The number of thiophene rings is 1. The number of amides is 2. The molecule has 3 aliphatic rings. The number of fused-ring (bicyclic) bond motifs is 5. The molecule has 2 amide bonds. The van der Waals surface area contributed by atoms with Crippen LogP contribution in [0, 0.1) is 11.8 Å². The third kappa shape index (κ3) is 14.9. The Morgan fingerprint density at radius 1 is 0.579 bits per heavy atom. The molecule has 0 spiro atoms. The zero-order valence-electron chi connectivity index (χ0n) is 49.1. The van der Waals surface area contributed by atoms with E-state index in [1.54, 1.807) is 11.8 Å². The van der Waals surface area contributed by atoms with E-state index in [1.165, 1.54) is 184 Å². The van der Waals surface area contributed by atoms with Crippen molar-refractivity contribution in [3.63, 3.8) is 0 Å². The first-order chi connectivity index (χ1) is 36.8. The molecule has 416 valence electrons. The minimum atomic E-state index is -0.0936. The monoisotopic (exact) mass is 1070 g/mol. The number of allylic oxidation sites excluding steroid dienone is 1. The fourth-order valence-corrected chi connectivity index (χ4v) is 15.0. The molecule has 3 aliphatic heterocycles. The Bertz CT molecular complexity index is 2590. The van der Waals surface area contributed by atoms with E-state index >= 15 is 9.59 Å². The minimum Gasteiger partial charge on any atom is -0.398 e. The molecular formula is C69H101N3O2S2. The number of anilines is 3. The van der Waals surface area contributed by atoms with E-state index in [9.17, 15) is 0 Å². The molecule has 5 nitrogen and oxygen atoms in total. The highest BCUT2D eigenvalue weighted by Crippen LogP contribution is 2.54. The van der Waals surface area contributed by atoms with E-state index in [0.29, 0.717) is 36.1 Å². The van der Waals surface area contributed by atoms with Gasteiger partial charge in [0.05, 0.1) is 22.5 Å². The SMILES string of the molecule is C=C1Cc2c(N)c(CCCCCC)c3cc(-c4ccc5c(c4)N(CC(CCCCCC)CCCCCCCC)C(=O)C5=C4C(=O)N(CC(CCCCCC)CCCCCCCC)c5cc(C(C)(C)C)ccc54)sc3c2S1. The molecule has 0 aliphatic carbocycles. The smallest absolute Gasteiger partial charge is 0.259 e. The van der Waals surface area contributed by atoms with Gasteiger partial charge in [0.2, 0.25) is 0 Å². The fourth-order valence-electron chi connectivity index (χ4n) is 12.6. The second-order valence-corrected chi connectivity index (χ2v) is 26.8. The van der Waals surface area contributed by atoms with Gasteiger partial charge in [0.15, 0.2) is 0 Å². The summed E-state index contributed by atoms with van der Waals surface area (Å²) in [5.41, 5.74) is 17.9. The summed E-state index contributed by atoms with van der Waals surface area (Å²) in [6, 6.07) is 15.9. The molecule has 7 heteroatoms. The van der Waals surface area contributed by atoms with Crippen molar-refractivity contribution >= 4 is 73.2 Å². The number of benzene rings is 3. The van der Waals surface area contributed by atoms with Crippen molar-refractivity contribution in [2.75, 3.05) is 28.6 Å². The third-order valence-corrected chi connectivity index (χ3v) is 19.7. The van der Waals surface area contributed by atoms with E-state index < -0.39 is 0 Å². The lowest BCUT2D eigenvalue weighted by Gasteiger charge is -2.26. The molecule has 2 unspecified atom stereocenters. The average Bonchev–Trinajstić information content (AvgIpc) is 4.18. The Kier molecular flexibility index (Phi) is 23.2. The van der Waals surface area contributed by atoms with Gasteiger partial charge in [-0.15, -0.1) is 11.3 Å². The summed E-state index contributed by atoms with van der Waals surface area (Å²) in [6.07, 6.45) is 36.1. The van der Waals surface area contributed by atoms with Gasteiger partial charge < -0.3 is 15.5 Å². The Balaban J connectivity index is 1.34. The van der Waals surface area contributed by atoms with E-state index in [-0.39, 0.29) is 17.2 Å². The lowest BCUT2D eigenvalue weighted by molar-refractivity contribution is -0.114. The van der Waals surface area contributed by atoms with Crippen LogP contribution in [0.1, 0.15) is 263 Å². The molecule has 0 fully saturated rings. The third-order valence-electron chi connectivity index (χ3n) is 17.3. The van der Waals surface area contributed by atoms with E-state index in [2.05, 4.69) is 114 Å². The molecule has 2 N–H and O–H groups in total. The number of rotatable bonds is 34. The predicted molar refractivity (Wildman–Crippen MR) is 335 cm³/mol. The number of hydrogen-bond donors (Lipinski definition) is 1. The van der Waals surface area contributed by atoms with Crippen LogP contribution in [0.5, 0.6) is 0 Å². The van der Waals surface area contributed by atoms with Crippen molar-refractivity contribution < 1.29 is 9.59 Å². The van der Waals surface area contributed by atoms with Crippen molar-refractivity contribution in [3.8, 4) is 10.4 Å². The van der Waals surface area contributed by atoms with Gasteiger partial charge >= 0.3 is 0 Å². The van der Waals surface area contributed by atoms with Crippen molar-refractivity contribution in [1.29, 1.82) is 0 Å². The van der Waals surface area contributed by atoms with Crippen molar-refractivity contribution in [2.45, 2.75) is 258 Å². The molecule has 2 atom stereocenters. The van der Waals surface area contributed by atoms with Gasteiger partial charge in [0.25, 0.3) is 11.8 Å². The number of unbranched alkanes of at least 4 members (excludes halogenated alkanes) is 19. The molecule has 1 aromatic heterocycles. The second kappa shape index (κ2) is 29.4. The largest absolute Gasteiger partial charge is 0.398 e. The standard InChI is InChI=1S/C69H101N3O2S2/c1-10-15-20-25-27-31-36-50(34-29-22-17-12-3)47-71-59-44-52(61-46-57-54(38-33-24-19-14-5)64(70)58-43-49(6)75-66(58)65(57)76-61)39-41-55(59)62(67(71)73)63-56-42-40-53(69(7,8)9)45-60(56)72(68(63)74)48-51(35-30-23-18-13-4)37-32-28-26-21-16-11-2/h39-42,44-46,50-51H,6,10-38,43,47-48,70H2,1-5,7-9H3. The van der Waals surface area contributed by atoms with E-state index in [0.717, 1.165) is 83.6 Å². The summed E-state index contributed by atoms with van der Waals surface area (Å²) in [5.74, 6) is 0.803. The number of thioether (sulfide) groups is 1. The van der Waals surface area contributed by atoms with Crippen molar-refractivity contribution in [3.05, 3.63) is 81.8 Å². The highest BCUT2D eigenvalue weighted by molar-refractivity contribution is 8.03. The van der Waals surface area contributed by atoms with Gasteiger partial charge in [0.1, 0.15) is 0 Å². The molecule has 0 radical (unpaired) electrons. The average molecular weight is 1070 g/mol. The fraction of sp³-hybridized carbons (Fsp3) is 0.623. The van der Waals surface area contributed by atoms with E-state index in [4.69, 9.17) is 5.73 Å². The van der Waals surface area contributed by atoms with Gasteiger partial charge in [-0.3, -0.25) is 9.59 Å². The summed E-state index contributed by atoms with van der Waals surface area (Å²) in [5, 5.41) is 1.28. The van der Waals surface area contributed by atoms with E-state index in [1.807, 2.05) is 11.3 Å². The maximum absolute atomic E-state index is 15.9. The van der Waals surface area contributed by atoms with Gasteiger partial charge in [-0.05, 0) is 107 Å². The number of aryl methyl sites for hydroxylation is 1. The summed E-state index contributed by atoms with van der Waals surface area (Å²) in [6.45, 7) is 24.0. The number of hydrogen-bond acceptors (Lipinski definition) is 5. The summed E-state index contributed by atoms with van der Waals surface area (Å²) in [4.78, 5) is 39.6. The maximum Gasteiger partial charge on any atom is 0.259 e. The number of nitrogens with zero attached hydrogens (tertiary/aromatic N) is 2. The van der Waals surface area contributed by atoms with Crippen LogP contribution in [0.2, 0.25) is 0 Å². The van der Waals surface area contributed by atoms with Crippen LogP contribution in [-0.2, 0) is 27.8 Å². The van der Waals surface area contributed by atoms with Crippen molar-refractivity contribution in [1.82, 2.24) is 0 Å². The Morgan fingerprint density at radius 3 is 1.53 bits per heavy atom. The number of nitrogens with two attached hydrogens (primary N) is 1. The Hall–Kier alpha value is -3.81. The van der Waals surface area contributed by atoms with Gasteiger partial charge in [-0.2, -0.15) is 0 Å². The topological polar surface area (TPSA) is 66.6 Å². The van der Waals surface area contributed by atoms with Crippen LogP contribution >= 0.6 is 23.1 Å². The van der Waals surface area contributed by atoms with Gasteiger partial charge in [0, 0.05) is 50.8 Å². The molecular weight excluding hydrogens is 967 g/mol. The first-order valence-electron chi connectivity index (χ1n) is 31.2. The van der Waals surface area contributed by atoms with Crippen LogP contribution in [-0.4, -0.2) is 24.9 Å². The normalized spacial score (nSPS) is 16.2.